The quantitative estimate of drug-likeness (QED) is 0.890. The van der Waals surface area contributed by atoms with Crippen molar-refractivity contribution in [3.8, 4) is 0 Å². The van der Waals surface area contributed by atoms with Crippen molar-refractivity contribution in [2.75, 3.05) is 13.1 Å². The lowest BCUT2D eigenvalue weighted by atomic mass is 9.98. The Morgan fingerprint density at radius 2 is 2.09 bits per heavy atom. The first-order chi connectivity index (χ1) is 11.3. The van der Waals surface area contributed by atoms with E-state index in [9.17, 15) is 4.79 Å². The number of furan rings is 1. The first-order valence-electron chi connectivity index (χ1n) is 8.39. The first kappa shape index (κ1) is 15.8. The minimum Gasteiger partial charge on any atom is -0.468 e. The molecule has 4 heteroatoms. The third-order valence-corrected chi connectivity index (χ3v) is 4.44. The van der Waals surface area contributed by atoms with Crippen molar-refractivity contribution in [2.45, 2.75) is 38.8 Å². The Kier molecular flexibility index (Phi) is 5.13. The maximum atomic E-state index is 11.8. The molecule has 0 aliphatic carbocycles. The molecule has 0 spiro atoms. The SMILES string of the molecule is CCCC(=O)NC[C@H](c1ccco1)N1CCc2ccccc2C1. The summed E-state index contributed by atoms with van der Waals surface area (Å²) in [5.74, 6) is 1.03. The van der Waals surface area contributed by atoms with Gasteiger partial charge < -0.3 is 9.73 Å². The molecule has 0 unspecified atom stereocenters. The normalized spacial score (nSPS) is 15.9. The van der Waals surface area contributed by atoms with Crippen molar-refractivity contribution in [3.05, 3.63) is 59.5 Å². The lowest BCUT2D eigenvalue weighted by Crippen LogP contribution is -2.40. The van der Waals surface area contributed by atoms with Gasteiger partial charge in [-0.2, -0.15) is 0 Å². The van der Waals surface area contributed by atoms with Gasteiger partial charge in [0.2, 0.25) is 5.91 Å². The standard InChI is InChI=1S/C19H24N2O2/c1-2-6-19(22)20-13-17(18-9-5-12-23-18)21-11-10-15-7-3-4-8-16(15)14-21/h3-5,7-9,12,17H,2,6,10-11,13-14H2,1H3,(H,20,22)/t17-/m1/s1. The highest BCUT2D eigenvalue weighted by molar-refractivity contribution is 5.75. The number of carbonyl (C=O) groups excluding carboxylic acids is 1. The Morgan fingerprint density at radius 3 is 2.83 bits per heavy atom. The second kappa shape index (κ2) is 7.47. The van der Waals surface area contributed by atoms with Crippen LogP contribution in [0.4, 0.5) is 0 Å². The third kappa shape index (κ3) is 3.82. The van der Waals surface area contributed by atoms with Gasteiger partial charge in [0, 0.05) is 26.1 Å². The van der Waals surface area contributed by atoms with Crippen LogP contribution in [0.3, 0.4) is 0 Å². The second-order valence-electron chi connectivity index (χ2n) is 6.07. The van der Waals surface area contributed by atoms with Crippen LogP contribution in [-0.4, -0.2) is 23.9 Å². The van der Waals surface area contributed by atoms with Crippen molar-refractivity contribution >= 4 is 5.91 Å². The first-order valence-corrected chi connectivity index (χ1v) is 8.39. The van der Waals surface area contributed by atoms with E-state index in [2.05, 4.69) is 34.5 Å². The summed E-state index contributed by atoms with van der Waals surface area (Å²) in [6.07, 6.45) is 4.19. The summed E-state index contributed by atoms with van der Waals surface area (Å²) in [7, 11) is 0. The van der Waals surface area contributed by atoms with Gasteiger partial charge in [-0.1, -0.05) is 31.2 Å². The van der Waals surface area contributed by atoms with E-state index in [0.29, 0.717) is 13.0 Å². The van der Waals surface area contributed by atoms with Crippen molar-refractivity contribution in [3.63, 3.8) is 0 Å². The summed E-state index contributed by atoms with van der Waals surface area (Å²) in [6.45, 7) is 4.48. The molecule has 2 heterocycles. The van der Waals surface area contributed by atoms with Gasteiger partial charge in [-0.05, 0) is 36.1 Å². The summed E-state index contributed by atoms with van der Waals surface area (Å²) >= 11 is 0. The molecule has 1 N–H and O–H groups in total. The van der Waals surface area contributed by atoms with Gasteiger partial charge in [-0.3, -0.25) is 9.69 Å². The number of rotatable bonds is 6. The van der Waals surface area contributed by atoms with Crippen LogP contribution < -0.4 is 5.32 Å². The summed E-state index contributed by atoms with van der Waals surface area (Å²) in [5, 5.41) is 3.05. The van der Waals surface area contributed by atoms with Gasteiger partial charge in [0.25, 0.3) is 0 Å². The van der Waals surface area contributed by atoms with E-state index < -0.39 is 0 Å². The molecule has 1 aromatic heterocycles. The van der Waals surface area contributed by atoms with Crippen LogP contribution in [0.2, 0.25) is 0 Å². The van der Waals surface area contributed by atoms with Gasteiger partial charge in [0.1, 0.15) is 5.76 Å². The van der Waals surface area contributed by atoms with Crippen molar-refractivity contribution < 1.29 is 9.21 Å². The van der Waals surface area contributed by atoms with Crippen LogP contribution in [0.15, 0.2) is 47.1 Å². The highest BCUT2D eigenvalue weighted by atomic mass is 16.3. The number of fused-ring (bicyclic) bond motifs is 1. The number of hydrogen-bond acceptors (Lipinski definition) is 3. The number of nitrogens with zero attached hydrogens (tertiary/aromatic N) is 1. The van der Waals surface area contributed by atoms with E-state index in [4.69, 9.17) is 4.42 Å². The van der Waals surface area contributed by atoms with Crippen LogP contribution in [0.1, 0.15) is 42.7 Å². The predicted molar refractivity (Wildman–Crippen MR) is 89.9 cm³/mol. The number of nitrogens with one attached hydrogen (secondary N) is 1. The van der Waals surface area contributed by atoms with Crippen molar-refractivity contribution in [1.82, 2.24) is 10.2 Å². The molecule has 1 aliphatic heterocycles. The molecular formula is C19H24N2O2. The van der Waals surface area contributed by atoms with Crippen molar-refractivity contribution in [2.24, 2.45) is 0 Å². The number of hydrogen-bond donors (Lipinski definition) is 1. The summed E-state index contributed by atoms with van der Waals surface area (Å²) in [6, 6.07) is 12.6. The van der Waals surface area contributed by atoms with Gasteiger partial charge >= 0.3 is 0 Å². The smallest absolute Gasteiger partial charge is 0.220 e. The van der Waals surface area contributed by atoms with Crippen LogP contribution in [-0.2, 0) is 17.8 Å². The zero-order valence-electron chi connectivity index (χ0n) is 13.6. The van der Waals surface area contributed by atoms with Gasteiger partial charge in [0.15, 0.2) is 0 Å². The minimum absolute atomic E-state index is 0.0826. The molecular weight excluding hydrogens is 288 g/mol. The highest BCUT2D eigenvalue weighted by Crippen LogP contribution is 2.27. The number of carbonyl (C=O) groups is 1. The lowest BCUT2D eigenvalue weighted by molar-refractivity contribution is -0.121. The Hall–Kier alpha value is -2.07. The minimum atomic E-state index is 0.0826. The molecule has 0 radical (unpaired) electrons. The summed E-state index contributed by atoms with van der Waals surface area (Å²) in [5.41, 5.74) is 2.80. The van der Waals surface area contributed by atoms with E-state index in [-0.39, 0.29) is 11.9 Å². The largest absolute Gasteiger partial charge is 0.468 e. The molecule has 23 heavy (non-hydrogen) atoms. The van der Waals surface area contributed by atoms with Crippen molar-refractivity contribution in [1.29, 1.82) is 0 Å². The molecule has 4 nitrogen and oxygen atoms in total. The maximum absolute atomic E-state index is 11.8. The molecule has 3 rings (SSSR count). The molecule has 0 saturated carbocycles. The lowest BCUT2D eigenvalue weighted by Gasteiger charge is -2.34. The Balaban J connectivity index is 1.73. The fourth-order valence-corrected chi connectivity index (χ4v) is 3.20. The topological polar surface area (TPSA) is 45.5 Å². The van der Waals surface area contributed by atoms with Gasteiger partial charge in [0.05, 0.1) is 12.3 Å². The molecule has 1 aliphatic rings. The van der Waals surface area contributed by atoms with E-state index in [1.807, 2.05) is 19.1 Å². The molecule has 0 fully saturated rings. The van der Waals surface area contributed by atoms with Crippen LogP contribution >= 0.6 is 0 Å². The highest BCUT2D eigenvalue weighted by Gasteiger charge is 2.26. The molecule has 1 aromatic carbocycles. The van der Waals surface area contributed by atoms with Crippen LogP contribution in [0.25, 0.3) is 0 Å². The molecule has 0 bridgehead atoms. The number of benzene rings is 1. The molecule has 1 atom stereocenters. The molecule has 2 aromatic rings. The average molecular weight is 312 g/mol. The zero-order valence-corrected chi connectivity index (χ0v) is 13.6. The van der Waals surface area contributed by atoms with E-state index in [1.54, 1.807) is 6.26 Å². The maximum Gasteiger partial charge on any atom is 0.220 e. The second-order valence-corrected chi connectivity index (χ2v) is 6.07. The number of amides is 1. The summed E-state index contributed by atoms with van der Waals surface area (Å²) in [4.78, 5) is 14.2. The fourth-order valence-electron chi connectivity index (χ4n) is 3.20. The van der Waals surface area contributed by atoms with Crippen LogP contribution in [0, 0.1) is 0 Å². The Bertz CT molecular complexity index is 637. The summed E-state index contributed by atoms with van der Waals surface area (Å²) < 4.78 is 5.64. The third-order valence-electron chi connectivity index (χ3n) is 4.44. The predicted octanol–water partition coefficient (Wildman–Crippen LogP) is 3.30. The molecule has 122 valence electrons. The van der Waals surface area contributed by atoms with Gasteiger partial charge in [-0.25, -0.2) is 0 Å². The monoisotopic (exact) mass is 312 g/mol. The van der Waals surface area contributed by atoms with E-state index >= 15 is 0 Å². The zero-order chi connectivity index (χ0) is 16.1. The van der Waals surface area contributed by atoms with E-state index in [1.165, 1.54) is 11.1 Å². The fraction of sp³-hybridized carbons (Fsp3) is 0.421. The van der Waals surface area contributed by atoms with Gasteiger partial charge in [-0.15, -0.1) is 0 Å². The molecule has 1 amide bonds. The average Bonchev–Trinajstić information content (AvgIpc) is 3.09. The molecule has 0 saturated heterocycles. The Morgan fingerprint density at radius 1 is 1.26 bits per heavy atom. The van der Waals surface area contributed by atoms with E-state index in [0.717, 1.165) is 31.7 Å². The Labute approximate surface area is 137 Å². The van der Waals surface area contributed by atoms with Crippen LogP contribution in [0.5, 0.6) is 0 Å².